The number of nitrogens with zero attached hydrogens (tertiary/aromatic N) is 1. The number of hydrogen-bond donors (Lipinski definition) is 1. The lowest BCUT2D eigenvalue weighted by Crippen LogP contribution is -2.42. The van der Waals surface area contributed by atoms with E-state index in [0.717, 1.165) is 5.25 Å². The van der Waals surface area contributed by atoms with Crippen molar-refractivity contribution in [1.29, 1.82) is 0 Å². The highest BCUT2D eigenvalue weighted by Gasteiger charge is 2.24. The van der Waals surface area contributed by atoms with Crippen LogP contribution in [0.5, 0.6) is 0 Å². The molecular weight excluding hydrogens is 276 g/mol. The lowest BCUT2D eigenvalue weighted by Gasteiger charge is -2.36. The average molecular weight is 305 g/mol. The van der Waals surface area contributed by atoms with Crippen molar-refractivity contribution in [2.45, 2.75) is 67.7 Å². The molecule has 3 heteroatoms. The van der Waals surface area contributed by atoms with E-state index in [1.165, 1.54) is 55.7 Å². The molecule has 2 atom stereocenters. The SMILES string of the molecule is CC1CC(Nc2ccccc2SC2CCCC2)CCN1C. The van der Waals surface area contributed by atoms with Gasteiger partial charge in [0.25, 0.3) is 0 Å². The Bertz CT molecular complexity index is 456. The van der Waals surface area contributed by atoms with Crippen LogP contribution in [0.15, 0.2) is 29.2 Å². The number of para-hydroxylation sites is 1. The van der Waals surface area contributed by atoms with Crippen molar-refractivity contribution in [2.24, 2.45) is 0 Å². The number of hydrogen-bond acceptors (Lipinski definition) is 3. The molecule has 1 N–H and O–H groups in total. The number of benzene rings is 1. The van der Waals surface area contributed by atoms with Gasteiger partial charge in [-0.1, -0.05) is 25.0 Å². The predicted molar refractivity (Wildman–Crippen MR) is 93.3 cm³/mol. The van der Waals surface area contributed by atoms with Crippen LogP contribution in [-0.4, -0.2) is 35.8 Å². The molecule has 3 rings (SSSR count). The molecule has 1 aromatic rings. The summed E-state index contributed by atoms with van der Waals surface area (Å²) in [7, 11) is 2.24. The molecule has 2 unspecified atom stereocenters. The van der Waals surface area contributed by atoms with E-state index in [1.807, 2.05) is 0 Å². The summed E-state index contributed by atoms with van der Waals surface area (Å²) in [5.74, 6) is 0. The second-order valence-electron chi connectivity index (χ2n) is 6.72. The highest BCUT2D eigenvalue weighted by atomic mass is 32.2. The van der Waals surface area contributed by atoms with Gasteiger partial charge in [0.1, 0.15) is 0 Å². The molecule has 0 amide bonds. The minimum Gasteiger partial charge on any atom is -0.381 e. The summed E-state index contributed by atoms with van der Waals surface area (Å²) in [6, 6.07) is 10.2. The molecule has 1 saturated carbocycles. The number of anilines is 1. The summed E-state index contributed by atoms with van der Waals surface area (Å²) in [5.41, 5.74) is 1.36. The lowest BCUT2D eigenvalue weighted by molar-refractivity contribution is 0.190. The Kier molecular flexibility index (Phi) is 5.12. The largest absolute Gasteiger partial charge is 0.381 e. The van der Waals surface area contributed by atoms with Gasteiger partial charge in [0, 0.05) is 34.5 Å². The summed E-state index contributed by atoms with van der Waals surface area (Å²) in [4.78, 5) is 3.92. The number of thioether (sulfide) groups is 1. The van der Waals surface area contributed by atoms with E-state index in [9.17, 15) is 0 Å². The molecule has 116 valence electrons. The second kappa shape index (κ2) is 7.06. The normalized spacial score (nSPS) is 27.9. The molecule has 0 aromatic heterocycles. The monoisotopic (exact) mass is 304 g/mol. The van der Waals surface area contributed by atoms with E-state index in [0.29, 0.717) is 12.1 Å². The van der Waals surface area contributed by atoms with Crippen molar-refractivity contribution in [3.8, 4) is 0 Å². The lowest BCUT2D eigenvalue weighted by atomic mass is 9.99. The van der Waals surface area contributed by atoms with Crippen LogP contribution in [0.4, 0.5) is 5.69 Å². The molecule has 1 saturated heterocycles. The van der Waals surface area contributed by atoms with Crippen LogP contribution >= 0.6 is 11.8 Å². The van der Waals surface area contributed by atoms with Gasteiger partial charge >= 0.3 is 0 Å². The van der Waals surface area contributed by atoms with Crippen LogP contribution < -0.4 is 5.32 Å². The summed E-state index contributed by atoms with van der Waals surface area (Å²) < 4.78 is 0. The Morgan fingerprint density at radius 1 is 1.14 bits per heavy atom. The first-order chi connectivity index (χ1) is 10.2. The van der Waals surface area contributed by atoms with Gasteiger partial charge in [-0.2, -0.15) is 0 Å². The van der Waals surface area contributed by atoms with E-state index in [4.69, 9.17) is 0 Å². The maximum atomic E-state index is 3.83. The van der Waals surface area contributed by atoms with Gasteiger partial charge in [0.2, 0.25) is 0 Å². The molecule has 1 aliphatic carbocycles. The van der Waals surface area contributed by atoms with E-state index in [2.05, 4.69) is 60.2 Å². The van der Waals surface area contributed by atoms with E-state index in [1.54, 1.807) is 0 Å². The second-order valence-corrected chi connectivity index (χ2v) is 8.06. The third kappa shape index (κ3) is 3.95. The van der Waals surface area contributed by atoms with Crippen LogP contribution in [-0.2, 0) is 0 Å². The fourth-order valence-electron chi connectivity index (χ4n) is 3.51. The van der Waals surface area contributed by atoms with Crippen LogP contribution in [0.2, 0.25) is 0 Å². The molecule has 1 heterocycles. The van der Waals surface area contributed by atoms with Gasteiger partial charge in [-0.25, -0.2) is 0 Å². The maximum absolute atomic E-state index is 3.83. The molecule has 0 bridgehead atoms. The van der Waals surface area contributed by atoms with E-state index >= 15 is 0 Å². The predicted octanol–water partition coefficient (Wildman–Crippen LogP) is 4.62. The van der Waals surface area contributed by atoms with Crippen molar-refractivity contribution in [3.63, 3.8) is 0 Å². The van der Waals surface area contributed by atoms with Crippen LogP contribution in [0.3, 0.4) is 0 Å². The molecule has 0 radical (unpaired) electrons. The average Bonchev–Trinajstić information content (AvgIpc) is 2.98. The third-order valence-electron chi connectivity index (χ3n) is 5.05. The molecule has 1 aromatic carbocycles. The number of rotatable bonds is 4. The number of piperidine rings is 1. The topological polar surface area (TPSA) is 15.3 Å². The molecule has 2 nitrogen and oxygen atoms in total. The van der Waals surface area contributed by atoms with Crippen LogP contribution in [0.25, 0.3) is 0 Å². The van der Waals surface area contributed by atoms with Crippen LogP contribution in [0.1, 0.15) is 45.4 Å². The highest BCUT2D eigenvalue weighted by Crippen LogP contribution is 2.38. The maximum Gasteiger partial charge on any atom is 0.0480 e. The van der Waals surface area contributed by atoms with E-state index in [-0.39, 0.29) is 0 Å². The first kappa shape index (κ1) is 15.2. The summed E-state index contributed by atoms with van der Waals surface area (Å²) in [5, 5.41) is 4.66. The molecule has 0 spiro atoms. The van der Waals surface area contributed by atoms with Gasteiger partial charge in [-0.05, 0) is 51.8 Å². The zero-order valence-corrected chi connectivity index (χ0v) is 14.2. The van der Waals surface area contributed by atoms with E-state index < -0.39 is 0 Å². The van der Waals surface area contributed by atoms with Crippen LogP contribution in [0, 0.1) is 0 Å². The Morgan fingerprint density at radius 3 is 2.67 bits per heavy atom. The zero-order valence-electron chi connectivity index (χ0n) is 13.3. The number of likely N-dealkylation sites (tertiary alicyclic amines) is 1. The molecule has 21 heavy (non-hydrogen) atoms. The molecular formula is C18H28N2S. The Morgan fingerprint density at radius 2 is 1.90 bits per heavy atom. The van der Waals surface area contributed by atoms with Gasteiger partial charge in [-0.15, -0.1) is 11.8 Å². The standard InChI is InChI=1S/C18H28N2S/c1-14-13-15(11-12-20(14)2)19-17-9-5-6-10-18(17)21-16-7-3-4-8-16/h5-6,9-10,14-16,19H,3-4,7-8,11-13H2,1-2H3. The fraction of sp³-hybridized carbons (Fsp3) is 0.667. The quantitative estimate of drug-likeness (QED) is 0.874. The van der Waals surface area contributed by atoms with Gasteiger partial charge in [0.15, 0.2) is 0 Å². The smallest absolute Gasteiger partial charge is 0.0480 e. The van der Waals surface area contributed by atoms with Crippen molar-refractivity contribution < 1.29 is 0 Å². The van der Waals surface area contributed by atoms with Gasteiger partial charge in [-0.3, -0.25) is 0 Å². The van der Waals surface area contributed by atoms with Crippen molar-refractivity contribution >= 4 is 17.4 Å². The first-order valence-corrected chi connectivity index (χ1v) is 9.33. The zero-order chi connectivity index (χ0) is 14.7. The van der Waals surface area contributed by atoms with Crippen molar-refractivity contribution in [3.05, 3.63) is 24.3 Å². The Hall–Kier alpha value is -0.670. The first-order valence-electron chi connectivity index (χ1n) is 8.45. The Balaban J connectivity index is 1.64. The molecule has 2 aliphatic rings. The van der Waals surface area contributed by atoms with Crippen molar-refractivity contribution in [1.82, 2.24) is 4.90 Å². The summed E-state index contributed by atoms with van der Waals surface area (Å²) in [6.45, 7) is 3.55. The minimum atomic E-state index is 0.626. The third-order valence-corrected chi connectivity index (χ3v) is 6.47. The minimum absolute atomic E-state index is 0.626. The number of nitrogens with one attached hydrogen (secondary N) is 1. The molecule has 1 aliphatic heterocycles. The summed E-state index contributed by atoms with van der Waals surface area (Å²) in [6.07, 6.45) is 8.12. The highest BCUT2D eigenvalue weighted by molar-refractivity contribution is 8.00. The fourth-order valence-corrected chi connectivity index (χ4v) is 4.85. The Labute approximate surface area is 133 Å². The van der Waals surface area contributed by atoms with Crippen molar-refractivity contribution in [2.75, 3.05) is 18.9 Å². The van der Waals surface area contributed by atoms with Gasteiger partial charge < -0.3 is 10.2 Å². The van der Waals surface area contributed by atoms with Gasteiger partial charge in [0.05, 0.1) is 0 Å². The molecule has 2 fully saturated rings. The summed E-state index contributed by atoms with van der Waals surface area (Å²) >= 11 is 2.09.